The number of nitrogens with one attached hydrogen (secondary N) is 2. The fraction of sp³-hybridized carbons (Fsp3) is 0.800. The molecule has 0 unspecified atom stereocenters. The minimum atomic E-state index is 0.555. The van der Waals surface area contributed by atoms with Crippen molar-refractivity contribution in [2.45, 2.75) is 32.7 Å². The van der Waals surface area contributed by atoms with Crippen LogP contribution in [-0.4, -0.2) is 19.1 Å². The van der Waals surface area contributed by atoms with Gasteiger partial charge in [0.25, 0.3) is 0 Å². The summed E-state index contributed by atoms with van der Waals surface area (Å²) in [5, 5.41) is 6.83. The van der Waals surface area contributed by atoms with Crippen molar-refractivity contribution in [3.8, 4) is 0 Å². The molecule has 0 aliphatic carbocycles. The third kappa shape index (κ3) is 2.86. The van der Waals surface area contributed by atoms with Crippen LogP contribution in [0, 0.1) is 5.92 Å². The van der Waals surface area contributed by atoms with Gasteiger partial charge in [-0.25, -0.2) is 0 Å². The molecule has 70 valence electrons. The van der Waals surface area contributed by atoms with Crippen LogP contribution in [0.4, 0.5) is 0 Å². The molecule has 1 aliphatic heterocycles. The molecule has 1 saturated heterocycles. The Labute approximate surface area is 75.4 Å². The molecule has 2 nitrogen and oxygen atoms in total. The van der Waals surface area contributed by atoms with E-state index in [2.05, 4.69) is 31.1 Å². The summed E-state index contributed by atoms with van der Waals surface area (Å²) in [6.07, 6.45) is 2.46. The molecule has 2 heteroatoms. The second kappa shape index (κ2) is 4.51. The Kier molecular flexibility index (Phi) is 3.60. The maximum absolute atomic E-state index is 4.02. The molecule has 0 radical (unpaired) electrons. The summed E-state index contributed by atoms with van der Waals surface area (Å²) in [7, 11) is 0. The largest absolute Gasteiger partial charge is 0.386 e. The van der Waals surface area contributed by atoms with E-state index in [1.807, 2.05) is 0 Å². The van der Waals surface area contributed by atoms with Crippen molar-refractivity contribution >= 4 is 0 Å². The van der Waals surface area contributed by atoms with Crippen LogP contribution >= 0.6 is 0 Å². The number of piperidine rings is 1. The molecule has 1 fully saturated rings. The van der Waals surface area contributed by atoms with Crippen molar-refractivity contribution in [2.24, 2.45) is 5.92 Å². The first kappa shape index (κ1) is 9.59. The van der Waals surface area contributed by atoms with Gasteiger partial charge in [-0.15, -0.1) is 0 Å². The average molecular weight is 168 g/mol. The quantitative estimate of drug-likeness (QED) is 0.667. The van der Waals surface area contributed by atoms with E-state index in [9.17, 15) is 0 Å². The topological polar surface area (TPSA) is 24.1 Å². The van der Waals surface area contributed by atoms with E-state index < -0.39 is 0 Å². The minimum absolute atomic E-state index is 0.555. The first-order valence-electron chi connectivity index (χ1n) is 4.86. The Bertz CT molecular complexity index is 146. The molecule has 0 aromatic rings. The lowest BCUT2D eigenvalue weighted by Crippen LogP contribution is -2.40. The molecule has 12 heavy (non-hydrogen) atoms. The van der Waals surface area contributed by atoms with Gasteiger partial charge in [-0.1, -0.05) is 20.4 Å². The van der Waals surface area contributed by atoms with Gasteiger partial charge in [0, 0.05) is 11.7 Å². The predicted molar refractivity (Wildman–Crippen MR) is 53.0 cm³/mol. The molecular weight excluding hydrogens is 148 g/mol. The Hall–Kier alpha value is -0.500. The lowest BCUT2D eigenvalue weighted by atomic mass is 10.0. The summed E-state index contributed by atoms with van der Waals surface area (Å²) in [6, 6.07) is 0.654. The molecule has 0 saturated carbocycles. The van der Waals surface area contributed by atoms with Gasteiger partial charge >= 0.3 is 0 Å². The first-order chi connectivity index (χ1) is 5.70. The SMILES string of the molecule is C=C(NC1CCNCC1)C(C)C. The molecule has 0 amide bonds. The first-order valence-corrected chi connectivity index (χ1v) is 4.86. The Morgan fingerprint density at radius 3 is 2.50 bits per heavy atom. The van der Waals surface area contributed by atoms with Gasteiger partial charge in [0.15, 0.2) is 0 Å². The van der Waals surface area contributed by atoms with E-state index in [-0.39, 0.29) is 0 Å². The highest BCUT2D eigenvalue weighted by molar-refractivity contribution is 4.97. The van der Waals surface area contributed by atoms with E-state index in [4.69, 9.17) is 0 Å². The third-order valence-corrected chi connectivity index (χ3v) is 2.43. The van der Waals surface area contributed by atoms with Gasteiger partial charge in [0.2, 0.25) is 0 Å². The van der Waals surface area contributed by atoms with Crippen molar-refractivity contribution in [2.75, 3.05) is 13.1 Å². The monoisotopic (exact) mass is 168 g/mol. The van der Waals surface area contributed by atoms with Crippen LogP contribution in [0.1, 0.15) is 26.7 Å². The lowest BCUT2D eigenvalue weighted by Gasteiger charge is -2.26. The Balaban J connectivity index is 2.24. The molecule has 0 atom stereocenters. The highest BCUT2D eigenvalue weighted by atomic mass is 15.0. The minimum Gasteiger partial charge on any atom is -0.386 e. The van der Waals surface area contributed by atoms with E-state index in [1.54, 1.807) is 0 Å². The molecule has 2 N–H and O–H groups in total. The van der Waals surface area contributed by atoms with Crippen molar-refractivity contribution in [3.63, 3.8) is 0 Å². The summed E-state index contributed by atoms with van der Waals surface area (Å²) in [5.41, 5.74) is 1.18. The maximum Gasteiger partial charge on any atom is 0.0282 e. The number of rotatable bonds is 3. The lowest BCUT2D eigenvalue weighted by molar-refractivity contribution is 0.400. The van der Waals surface area contributed by atoms with Crippen molar-refractivity contribution < 1.29 is 0 Å². The van der Waals surface area contributed by atoms with Gasteiger partial charge in [0.05, 0.1) is 0 Å². The molecular formula is C10H20N2. The fourth-order valence-electron chi connectivity index (χ4n) is 1.40. The van der Waals surface area contributed by atoms with E-state index in [0.717, 1.165) is 13.1 Å². The highest BCUT2D eigenvalue weighted by Gasteiger charge is 2.13. The normalized spacial score (nSPS) is 19.6. The zero-order valence-electron chi connectivity index (χ0n) is 8.19. The predicted octanol–water partition coefficient (Wildman–Crippen LogP) is 1.50. The number of hydrogen-bond acceptors (Lipinski definition) is 2. The van der Waals surface area contributed by atoms with Crippen molar-refractivity contribution in [1.82, 2.24) is 10.6 Å². The molecule has 0 spiro atoms. The van der Waals surface area contributed by atoms with Gasteiger partial charge < -0.3 is 10.6 Å². The standard InChI is InChI=1S/C10H20N2/c1-8(2)9(3)12-10-4-6-11-7-5-10/h8,10-12H,3-7H2,1-2H3. The van der Waals surface area contributed by atoms with Crippen LogP contribution < -0.4 is 10.6 Å². The van der Waals surface area contributed by atoms with Gasteiger partial charge in [-0.05, 0) is 31.8 Å². The van der Waals surface area contributed by atoms with Crippen LogP contribution in [0.2, 0.25) is 0 Å². The highest BCUT2D eigenvalue weighted by Crippen LogP contribution is 2.08. The van der Waals surface area contributed by atoms with Crippen LogP contribution in [0.5, 0.6) is 0 Å². The second-order valence-electron chi connectivity index (χ2n) is 3.85. The van der Waals surface area contributed by atoms with E-state index in [1.165, 1.54) is 18.5 Å². The van der Waals surface area contributed by atoms with Crippen molar-refractivity contribution in [1.29, 1.82) is 0 Å². The molecule has 1 heterocycles. The summed E-state index contributed by atoms with van der Waals surface area (Å²) >= 11 is 0. The van der Waals surface area contributed by atoms with E-state index >= 15 is 0 Å². The number of hydrogen-bond donors (Lipinski definition) is 2. The zero-order chi connectivity index (χ0) is 8.97. The zero-order valence-corrected chi connectivity index (χ0v) is 8.19. The van der Waals surface area contributed by atoms with Gasteiger partial charge in [-0.3, -0.25) is 0 Å². The Morgan fingerprint density at radius 1 is 1.42 bits per heavy atom. The van der Waals surface area contributed by atoms with Crippen LogP contribution in [0.25, 0.3) is 0 Å². The van der Waals surface area contributed by atoms with Gasteiger partial charge in [-0.2, -0.15) is 0 Å². The Morgan fingerprint density at radius 2 is 2.00 bits per heavy atom. The fourth-order valence-corrected chi connectivity index (χ4v) is 1.40. The molecule has 1 aliphatic rings. The summed E-state index contributed by atoms with van der Waals surface area (Å²) in [6.45, 7) is 10.7. The van der Waals surface area contributed by atoms with Gasteiger partial charge in [0.1, 0.15) is 0 Å². The van der Waals surface area contributed by atoms with E-state index in [0.29, 0.717) is 12.0 Å². The summed E-state index contributed by atoms with van der Waals surface area (Å²) < 4.78 is 0. The van der Waals surface area contributed by atoms with Crippen LogP contribution in [0.15, 0.2) is 12.3 Å². The number of allylic oxidation sites excluding steroid dienone is 1. The van der Waals surface area contributed by atoms with Crippen molar-refractivity contribution in [3.05, 3.63) is 12.3 Å². The molecule has 0 aromatic carbocycles. The van der Waals surface area contributed by atoms with Crippen LogP contribution in [0.3, 0.4) is 0 Å². The molecule has 0 bridgehead atoms. The summed E-state index contributed by atoms with van der Waals surface area (Å²) in [5.74, 6) is 0.555. The maximum atomic E-state index is 4.02. The molecule has 1 rings (SSSR count). The second-order valence-corrected chi connectivity index (χ2v) is 3.85. The smallest absolute Gasteiger partial charge is 0.0282 e. The summed E-state index contributed by atoms with van der Waals surface area (Å²) in [4.78, 5) is 0. The third-order valence-electron chi connectivity index (χ3n) is 2.43. The molecule has 0 aromatic heterocycles. The van der Waals surface area contributed by atoms with Crippen LogP contribution in [-0.2, 0) is 0 Å². The average Bonchev–Trinajstić information content (AvgIpc) is 2.06.